The molecule has 98 valence electrons. The highest BCUT2D eigenvalue weighted by Gasteiger charge is 2.28. The van der Waals surface area contributed by atoms with E-state index in [1.54, 1.807) is 6.07 Å². The van der Waals surface area contributed by atoms with Crippen molar-refractivity contribution in [1.82, 2.24) is 9.80 Å². The normalized spacial score (nSPS) is 18.7. The lowest BCUT2D eigenvalue weighted by Crippen LogP contribution is -2.39. The summed E-state index contributed by atoms with van der Waals surface area (Å²) in [5.74, 6) is 0.553. The average molecular weight is 257 g/mol. The Kier molecular flexibility index (Phi) is 2.62. The summed E-state index contributed by atoms with van der Waals surface area (Å²) in [7, 11) is 3.52. The molecular formula is C14H15N3O2. The molecule has 0 atom stereocenters. The van der Waals surface area contributed by atoms with Crippen LogP contribution >= 0.6 is 0 Å². The van der Waals surface area contributed by atoms with Crippen LogP contribution in [0.5, 0.6) is 0 Å². The number of aliphatic imine (C=N–C) groups is 1. The van der Waals surface area contributed by atoms with Crippen LogP contribution in [0.15, 0.2) is 23.2 Å². The maximum Gasteiger partial charge on any atom is 0.260 e. The number of hydrogen-bond donors (Lipinski definition) is 0. The molecule has 0 aliphatic carbocycles. The first kappa shape index (κ1) is 11.9. The van der Waals surface area contributed by atoms with Crippen molar-refractivity contribution in [3.63, 3.8) is 0 Å². The number of likely N-dealkylation sites (N-methyl/N-ethyl adjacent to an activating group) is 2. The molecule has 0 N–H and O–H groups in total. The summed E-state index contributed by atoms with van der Waals surface area (Å²) in [4.78, 5) is 31.4. The minimum Gasteiger partial charge on any atom is -0.358 e. The number of hydrogen-bond acceptors (Lipinski definition) is 4. The standard InChI is InChI=1S/C14H15N3O2/c1-16-6-5-15-13(16)9-3-4-11-10(7-9)8-12(18)17(2)14(11)19/h3-4,7H,5-6,8H2,1-2H3. The molecule has 1 aromatic rings. The number of rotatable bonds is 1. The van der Waals surface area contributed by atoms with E-state index in [0.717, 1.165) is 30.1 Å². The molecule has 5 heteroatoms. The zero-order valence-corrected chi connectivity index (χ0v) is 11.0. The first-order chi connectivity index (χ1) is 9.08. The topological polar surface area (TPSA) is 53.0 Å². The Morgan fingerprint density at radius 3 is 2.68 bits per heavy atom. The van der Waals surface area contributed by atoms with Gasteiger partial charge in [0, 0.05) is 31.8 Å². The minimum absolute atomic E-state index is 0.156. The van der Waals surface area contributed by atoms with Crippen LogP contribution in [0, 0.1) is 0 Å². The monoisotopic (exact) mass is 257 g/mol. The zero-order valence-electron chi connectivity index (χ0n) is 11.0. The molecule has 2 amide bonds. The predicted molar refractivity (Wildman–Crippen MR) is 71.3 cm³/mol. The molecular weight excluding hydrogens is 242 g/mol. The fraction of sp³-hybridized carbons (Fsp3) is 0.357. The molecule has 2 aliphatic heterocycles. The van der Waals surface area contributed by atoms with E-state index in [1.807, 2.05) is 19.2 Å². The third-order valence-corrected chi connectivity index (χ3v) is 3.67. The Morgan fingerprint density at radius 2 is 2.00 bits per heavy atom. The van der Waals surface area contributed by atoms with Crippen molar-refractivity contribution in [1.29, 1.82) is 0 Å². The Labute approximate surface area is 111 Å². The van der Waals surface area contributed by atoms with Gasteiger partial charge in [0.2, 0.25) is 5.91 Å². The number of imide groups is 1. The molecule has 3 rings (SSSR count). The van der Waals surface area contributed by atoms with Gasteiger partial charge in [-0.05, 0) is 17.7 Å². The zero-order chi connectivity index (χ0) is 13.6. The molecule has 0 bridgehead atoms. The molecule has 0 saturated heterocycles. The predicted octanol–water partition coefficient (Wildman–Crippen LogP) is 0.533. The van der Waals surface area contributed by atoms with Crippen molar-refractivity contribution >= 4 is 17.6 Å². The summed E-state index contributed by atoms with van der Waals surface area (Å²) in [6.45, 7) is 1.70. The Morgan fingerprint density at radius 1 is 1.21 bits per heavy atom. The van der Waals surface area contributed by atoms with Crippen LogP contribution in [-0.2, 0) is 11.2 Å². The summed E-state index contributed by atoms with van der Waals surface area (Å²) < 4.78 is 0. The van der Waals surface area contributed by atoms with Gasteiger partial charge in [-0.15, -0.1) is 0 Å². The van der Waals surface area contributed by atoms with Crippen molar-refractivity contribution in [2.75, 3.05) is 27.2 Å². The van der Waals surface area contributed by atoms with E-state index in [2.05, 4.69) is 9.89 Å². The molecule has 2 heterocycles. The SMILES string of the molecule is CN1CCN=C1c1ccc2c(c1)CC(=O)N(C)C2=O. The minimum atomic E-state index is -0.223. The lowest BCUT2D eigenvalue weighted by atomic mass is 9.96. The second-order valence-corrected chi connectivity index (χ2v) is 4.93. The van der Waals surface area contributed by atoms with Crippen LogP contribution in [0.2, 0.25) is 0 Å². The lowest BCUT2D eigenvalue weighted by Gasteiger charge is -2.24. The van der Waals surface area contributed by atoms with Gasteiger partial charge in [0.1, 0.15) is 5.84 Å². The van der Waals surface area contributed by atoms with Crippen LogP contribution in [-0.4, -0.2) is 54.6 Å². The quantitative estimate of drug-likeness (QED) is 0.690. The van der Waals surface area contributed by atoms with Crippen LogP contribution in [0.4, 0.5) is 0 Å². The Bertz CT molecular complexity index is 607. The highest BCUT2D eigenvalue weighted by Crippen LogP contribution is 2.22. The van der Waals surface area contributed by atoms with E-state index in [1.165, 1.54) is 11.9 Å². The average Bonchev–Trinajstić information content (AvgIpc) is 2.82. The van der Waals surface area contributed by atoms with Crippen LogP contribution in [0.1, 0.15) is 21.5 Å². The number of amidine groups is 1. The number of carbonyl (C=O) groups excluding carboxylic acids is 2. The van der Waals surface area contributed by atoms with E-state index in [9.17, 15) is 9.59 Å². The van der Waals surface area contributed by atoms with Gasteiger partial charge in [-0.3, -0.25) is 19.5 Å². The van der Waals surface area contributed by atoms with Gasteiger partial charge in [0.15, 0.2) is 0 Å². The van der Waals surface area contributed by atoms with Gasteiger partial charge in [-0.25, -0.2) is 0 Å². The first-order valence-corrected chi connectivity index (χ1v) is 6.27. The van der Waals surface area contributed by atoms with Crippen molar-refractivity contribution in [3.8, 4) is 0 Å². The van der Waals surface area contributed by atoms with Crippen molar-refractivity contribution in [2.24, 2.45) is 4.99 Å². The molecule has 0 fully saturated rings. The van der Waals surface area contributed by atoms with E-state index in [4.69, 9.17) is 0 Å². The number of amides is 2. The Hall–Kier alpha value is -2.17. The fourth-order valence-corrected chi connectivity index (χ4v) is 2.51. The molecule has 5 nitrogen and oxygen atoms in total. The highest BCUT2D eigenvalue weighted by molar-refractivity contribution is 6.10. The largest absolute Gasteiger partial charge is 0.358 e. The molecule has 0 unspecified atom stereocenters. The summed E-state index contributed by atoms with van der Waals surface area (Å²) in [5.41, 5.74) is 2.39. The van der Waals surface area contributed by atoms with Gasteiger partial charge in [0.05, 0.1) is 13.0 Å². The molecule has 0 saturated carbocycles. The van der Waals surface area contributed by atoms with Gasteiger partial charge in [-0.1, -0.05) is 6.07 Å². The second-order valence-electron chi connectivity index (χ2n) is 4.93. The fourth-order valence-electron chi connectivity index (χ4n) is 2.51. The molecule has 0 spiro atoms. The molecule has 1 aromatic carbocycles. The van der Waals surface area contributed by atoms with Crippen molar-refractivity contribution in [3.05, 3.63) is 34.9 Å². The smallest absolute Gasteiger partial charge is 0.260 e. The summed E-state index contributed by atoms with van der Waals surface area (Å²) in [6.07, 6.45) is 0.280. The number of carbonyl (C=O) groups is 2. The highest BCUT2D eigenvalue weighted by atomic mass is 16.2. The van der Waals surface area contributed by atoms with Gasteiger partial charge in [0.25, 0.3) is 5.91 Å². The summed E-state index contributed by atoms with van der Waals surface area (Å²) in [5, 5.41) is 0. The third-order valence-electron chi connectivity index (χ3n) is 3.67. The lowest BCUT2D eigenvalue weighted by molar-refractivity contribution is -0.127. The maximum atomic E-state index is 12.0. The number of benzene rings is 1. The maximum absolute atomic E-state index is 12.0. The van der Waals surface area contributed by atoms with Crippen molar-refractivity contribution in [2.45, 2.75) is 6.42 Å². The molecule has 19 heavy (non-hydrogen) atoms. The van der Waals surface area contributed by atoms with E-state index in [-0.39, 0.29) is 18.2 Å². The van der Waals surface area contributed by atoms with E-state index in [0.29, 0.717) is 5.56 Å². The van der Waals surface area contributed by atoms with E-state index < -0.39 is 0 Å². The van der Waals surface area contributed by atoms with Crippen molar-refractivity contribution < 1.29 is 9.59 Å². The van der Waals surface area contributed by atoms with Crippen LogP contribution < -0.4 is 0 Å². The molecule has 0 radical (unpaired) electrons. The number of fused-ring (bicyclic) bond motifs is 1. The molecule has 0 aromatic heterocycles. The van der Waals surface area contributed by atoms with Gasteiger partial charge >= 0.3 is 0 Å². The summed E-state index contributed by atoms with van der Waals surface area (Å²) in [6, 6.07) is 5.62. The van der Waals surface area contributed by atoms with Gasteiger partial charge < -0.3 is 4.90 Å². The number of nitrogens with zero attached hydrogens (tertiary/aromatic N) is 3. The third kappa shape index (κ3) is 1.82. The summed E-state index contributed by atoms with van der Waals surface area (Å²) >= 11 is 0. The molecule has 2 aliphatic rings. The second kappa shape index (κ2) is 4.19. The van der Waals surface area contributed by atoms with Crippen LogP contribution in [0.25, 0.3) is 0 Å². The van der Waals surface area contributed by atoms with E-state index >= 15 is 0 Å². The van der Waals surface area contributed by atoms with Gasteiger partial charge in [-0.2, -0.15) is 0 Å². The Balaban J connectivity index is 2.03. The first-order valence-electron chi connectivity index (χ1n) is 6.27. The van der Waals surface area contributed by atoms with Crippen LogP contribution in [0.3, 0.4) is 0 Å².